The third kappa shape index (κ3) is 4.66. The zero-order chi connectivity index (χ0) is 27.2. The highest BCUT2D eigenvalue weighted by molar-refractivity contribution is 7.97. The number of nitrogens with zero attached hydrogens (tertiary/aromatic N) is 7. The number of aryl methyl sites for hydroxylation is 1. The van der Waals surface area contributed by atoms with Crippen molar-refractivity contribution in [2.75, 3.05) is 43.3 Å². The highest BCUT2D eigenvalue weighted by atomic mass is 32.2. The highest BCUT2D eigenvalue weighted by Gasteiger charge is 2.40. The van der Waals surface area contributed by atoms with Gasteiger partial charge in [0.2, 0.25) is 11.9 Å². The topological polar surface area (TPSA) is 85.9 Å². The van der Waals surface area contributed by atoms with Crippen LogP contribution in [0.5, 0.6) is 0 Å². The number of fused-ring (bicyclic) bond motifs is 1. The van der Waals surface area contributed by atoms with Crippen molar-refractivity contribution in [3.05, 3.63) is 41.5 Å². The smallest absolute Gasteiger partial charge is 0.377 e. The maximum absolute atomic E-state index is 14.4. The molecule has 1 aliphatic heterocycles. The number of hydrogen-bond donors (Lipinski definition) is 1. The number of ether oxygens (including phenoxy) is 1. The first-order valence-electron chi connectivity index (χ1n) is 11.9. The summed E-state index contributed by atoms with van der Waals surface area (Å²) in [7, 11) is 1.64. The minimum atomic E-state index is -4.67. The summed E-state index contributed by atoms with van der Waals surface area (Å²) >= 11 is 1.23. The Morgan fingerprint density at radius 3 is 2.66 bits per heavy atom. The first-order valence-corrected chi connectivity index (χ1v) is 13.2. The van der Waals surface area contributed by atoms with Gasteiger partial charge in [-0.25, -0.2) is 23.6 Å². The number of hydrogen-bond acceptors (Lipinski definition) is 8. The molecular weight excluding hydrogens is 524 g/mol. The normalized spacial score (nSPS) is 16.4. The van der Waals surface area contributed by atoms with E-state index in [0.717, 1.165) is 4.68 Å². The molecule has 0 unspecified atom stereocenters. The Kier molecular flexibility index (Phi) is 6.94. The third-order valence-corrected chi connectivity index (χ3v) is 6.81. The maximum atomic E-state index is 14.4. The number of halogens is 4. The van der Waals surface area contributed by atoms with Gasteiger partial charge in [0.05, 0.1) is 53.1 Å². The van der Waals surface area contributed by atoms with Crippen LogP contribution in [-0.4, -0.2) is 68.4 Å². The van der Waals surface area contributed by atoms with E-state index < -0.39 is 17.7 Å². The van der Waals surface area contributed by atoms with Gasteiger partial charge in [-0.2, -0.15) is 23.3 Å². The van der Waals surface area contributed by atoms with Crippen molar-refractivity contribution >= 4 is 34.6 Å². The van der Waals surface area contributed by atoms with Crippen molar-refractivity contribution in [3.63, 3.8) is 0 Å². The molecule has 3 aromatic heterocycles. The van der Waals surface area contributed by atoms with Crippen LogP contribution < -0.4 is 10.2 Å². The predicted molar refractivity (Wildman–Crippen MR) is 138 cm³/mol. The monoisotopic (exact) mass is 550 g/mol. The second-order valence-corrected chi connectivity index (χ2v) is 9.74. The molecule has 4 heterocycles. The molecule has 202 valence electrons. The van der Waals surface area contributed by atoms with E-state index in [9.17, 15) is 17.6 Å². The lowest BCUT2D eigenvalue weighted by molar-refractivity contribution is -0.143. The van der Waals surface area contributed by atoms with Crippen LogP contribution in [0.2, 0.25) is 0 Å². The Morgan fingerprint density at radius 1 is 1.18 bits per heavy atom. The second kappa shape index (κ2) is 10.1. The molecule has 0 spiro atoms. The van der Waals surface area contributed by atoms with Gasteiger partial charge in [0.1, 0.15) is 11.6 Å². The van der Waals surface area contributed by atoms with Gasteiger partial charge in [-0.15, -0.1) is 11.8 Å². The molecule has 0 amide bonds. The molecule has 14 heteroatoms. The summed E-state index contributed by atoms with van der Waals surface area (Å²) in [6.07, 6.45) is -2.96. The maximum Gasteiger partial charge on any atom is 0.433 e. The van der Waals surface area contributed by atoms with Crippen LogP contribution in [0.3, 0.4) is 0 Å². The summed E-state index contributed by atoms with van der Waals surface area (Å²) in [5, 5.41) is 7.15. The van der Waals surface area contributed by atoms with Crippen molar-refractivity contribution in [2.24, 2.45) is 0 Å². The van der Waals surface area contributed by atoms with Crippen molar-refractivity contribution in [3.8, 4) is 17.2 Å². The van der Waals surface area contributed by atoms with E-state index in [1.807, 2.05) is 11.8 Å². The molecule has 1 fully saturated rings. The van der Waals surface area contributed by atoms with E-state index in [1.54, 1.807) is 23.9 Å². The molecule has 1 saturated heterocycles. The average molecular weight is 551 g/mol. The molecule has 4 aromatic rings. The van der Waals surface area contributed by atoms with Crippen molar-refractivity contribution in [1.29, 1.82) is 0 Å². The van der Waals surface area contributed by atoms with Gasteiger partial charge in [0.25, 0.3) is 0 Å². The average Bonchev–Trinajstić information content (AvgIpc) is 3.40. The molecule has 9 nitrogen and oxygen atoms in total. The van der Waals surface area contributed by atoms with Gasteiger partial charge in [0, 0.05) is 25.7 Å². The first kappa shape index (κ1) is 26.2. The van der Waals surface area contributed by atoms with E-state index >= 15 is 0 Å². The summed E-state index contributed by atoms with van der Waals surface area (Å²) in [5.41, 5.74) is 0.139. The number of aromatic nitrogens is 6. The molecule has 1 aromatic carbocycles. The van der Waals surface area contributed by atoms with Gasteiger partial charge in [-0.3, -0.25) is 0 Å². The van der Waals surface area contributed by atoms with Gasteiger partial charge < -0.3 is 15.0 Å². The number of nitrogens with one attached hydrogen (secondary N) is 1. The van der Waals surface area contributed by atoms with Crippen LogP contribution in [-0.2, 0) is 16.8 Å². The molecule has 0 radical (unpaired) electrons. The summed E-state index contributed by atoms with van der Waals surface area (Å²) in [6.45, 7) is 4.89. The van der Waals surface area contributed by atoms with Crippen LogP contribution in [0.25, 0.3) is 28.2 Å². The number of alkyl halides is 3. The molecule has 0 aliphatic carbocycles. The fraction of sp³-hybridized carbons (Fsp3) is 0.417. The lowest BCUT2D eigenvalue weighted by Crippen LogP contribution is -2.44. The SMILES string of the molecule is CNc1nc2cc(F)ccc2n1-c1nc(-c2c(C)nn(CSC)c2C(F)(F)F)cc(N2CCOC[C@H]2C)n1. The van der Waals surface area contributed by atoms with Gasteiger partial charge in [-0.1, -0.05) is 0 Å². The lowest BCUT2D eigenvalue weighted by Gasteiger charge is -2.34. The number of anilines is 2. The number of imidazole rings is 1. The minimum absolute atomic E-state index is 0.0304. The van der Waals surface area contributed by atoms with Crippen LogP contribution in [0.1, 0.15) is 18.3 Å². The predicted octanol–water partition coefficient (Wildman–Crippen LogP) is 4.73. The Hall–Kier alpha value is -3.39. The molecule has 1 aliphatic rings. The molecule has 1 N–H and O–H groups in total. The fourth-order valence-electron chi connectivity index (χ4n) is 4.68. The van der Waals surface area contributed by atoms with Crippen LogP contribution in [0.15, 0.2) is 24.3 Å². The molecule has 0 saturated carbocycles. The summed E-state index contributed by atoms with van der Waals surface area (Å²) < 4.78 is 65.2. The molecule has 38 heavy (non-hydrogen) atoms. The van der Waals surface area contributed by atoms with Crippen molar-refractivity contribution in [1.82, 2.24) is 29.3 Å². The number of morpholine rings is 1. The van der Waals surface area contributed by atoms with Gasteiger partial charge >= 0.3 is 6.18 Å². The number of rotatable bonds is 6. The molecule has 1 atom stereocenters. The summed E-state index contributed by atoms with van der Waals surface area (Å²) in [5.74, 6) is 0.420. The van der Waals surface area contributed by atoms with E-state index in [0.29, 0.717) is 42.6 Å². The van der Waals surface area contributed by atoms with E-state index in [1.165, 1.54) is 36.9 Å². The van der Waals surface area contributed by atoms with E-state index in [2.05, 4.69) is 20.4 Å². The Balaban J connectivity index is 1.80. The number of benzene rings is 1. The van der Waals surface area contributed by atoms with Crippen LogP contribution in [0.4, 0.5) is 29.3 Å². The standard InChI is InChI=1S/C24H26F4N8OS/c1-13-11-37-8-7-34(13)19-10-17(20-14(2)33-35(12-38-4)21(20)24(26,27)28)31-23(32-19)36-18-6-5-15(25)9-16(18)30-22(36)29-3/h5-6,9-10,13H,7-8,11-12H2,1-4H3,(H,29,30)/t13-/m1/s1. The second-order valence-electron chi connectivity index (χ2n) is 8.91. The van der Waals surface area contributed by atoms with Crippen LogP contribution in [0, 0.1) is 12.7 Å². The summed E-state index contributed by atoms with van der Waals surface area (Å²) in [4.78, 5) is 15.8. The highest BCUT2D eigenvalue weighted by Crippen LogP contribution is 2.40. The zero-order valence-corrected chi connectivity index (χ0v) is 22.0. The minimum Gasteiger partial charge on any atom is -0.377 e. The summed E-state index contributed by atoms with van der Waals surface area (Å²) in [6, 6.07) is 5.59. The zero-order valence-electron chi connectivity index (χ0n) is 21.2. The quantitative estimate of drug-likeness (QED) is 0.345. The van der Waals surface area contributed by atoms with Crippen LogP contribution >= 0.6 is 11.8 Å². The number of thioether (sulfide) groups is 1. The molecule has 0 bridgehead atoms. The largest absolute Gasteiger partial charge is 0.433 e. The lowest BCUT2D eigenvalue weighted by atomic mass is 10.1. The van der Waals surface area contributed by atoms with Crippen molar-refractivity contribution < 1.29 is 22.3 Å². The molecular formula is C24H26F4N8OS. The van der Waals surface area contributed by atoms with E-state index in [4.69, 9.17) is 9.72 Å². The Bertz CT molecular complexity index is 1480. The first-order chi connectivity index (χ1) is 18.1. The fourth-order valence-corrected chi connectivity index (χ4v) is 5.11. The van der Waals surface area contributed by atoms with Gasteiger partial charge in [0.15, 0.2) is 5.69 Å². The Labute approximate surface area is 220 Å². The molecule has 5 rings (SSSR count). The Morgan fingerprint density at radius 2 is 1.97 bits per heavy atom. The van der Waals surface area contributed by atoms with Gasteiger partial charge in [-0.05, 0) is 32.2 Å². The third-order valence-electron chi connectivity index (χ3n) is 6.31. The van der Waals surface area contributed by atoms with Crippen molar-refractivity contribution in [2.45, 2.75) is 31.9 Å². The van der Waals surface area contributed by atoms with E-state index in [-0.39, 0.29) is 34.8 Å².